The predicted molar refractivity (Wildman–Crippen MR) is 68.0 cm³/mol. The Labute approximate surface area is 112 Å². The Morgan fingerprint density at radius 1 is 1.32 bits per heavy atom. The van der Waals surface area contributed by atoms with Gasteiger partial charge in [0.25, 0.3) is 0 Å². The first kappa shape index (κ1) is 14.7. The first-order valence-electron chi connectivity index (χ1n) is 6.77. The van der Waals surface area contributed by atoms with Crippen LogP contribution in [0.4, 0.5) is 4.39 Å². The molecule has 0 radical (unpaired) electrons. The van der Waals surface area contributed by atoms with Crippen LogP contribution < -0.4 is 0 Å². The Hall–Kier alpha value is -0.690. The summed E-state index contributed by atoms with van der Waals surface area (Å²) in [5.41, 5.74) is 0. The van der Waals surface area contributed by atoms with E-state index in [0.29, 0.717) is 6.42 Å². The van der Waals surface area contributed by atoms with Crippen molar-refractivity contribution in [3.8, 4) is 0 Å². The fraction of sp³-hybridized carbons (Fsp3) is 0.917. The maximum absolute atomic E-state index is 12.3. The largest absolute Gasteiger partial charge is 0.480 e. The summed E-state index contributed by atoms with van der Waals surface area (Å²) >= 11 is 0. The number of carbonyl (C=O) groups is 1. The van der Waals surface area contributed by atoms with Crippen molar-refractivity contribution < 1.29 is 22.7 Å². The molecule has 7 heteroatoms. The van der Waals surface area contributed by atoms with Crippen LogP contribution in [0.15, 0.2) is 0 Å². The first-order chi connectivity index (χ1) is 8.97. The molecule has 0 bridgehead atoms. The van der Waals surface area contributed by atoms with Crippen molar-refractivity contribution in [1.29, 1.82) is 0 Å². The topological polar surface area (TPSA) is 74.7 Å². The predicted octanol–water partition coefficient (Wildman–Crippen LogP) is 1.39. The third-order valence-electron chi connectivity index (χ3n) is 4.17. The molecule has 1 N–H and O–H groups in total. The Morgan fingerprint density at radius 2 is 2.00 bits per heavy atom. The number of hydrogen-bond acceptors (Lipinski definition) is 3. The van der Waals surface area contributed by atoms with E-state index in [-0.39, 0.29) is 24.1 Å². The second-order valence-electron chi connectivity index (χ2n) is 5.39. The van der Waals surface area contributed by atoms with Gasteiger partial charge in [-0.25, -0.2) is 8.42 Å². The van der Waals surface area contributed by atoms with Crippen LogP contribution in [0.5, 0.6) is 0 Å². The molecule has 5 nitrogen and oxygen atoms in total. The molecule has 0 aromatic rings. The summed E-state index contributed by atoms with van der Waals surface area (Å²) in [4.78, 5) is 11.3. The summed E-state index contributed by atoms with van der Waals surface area (Å²) in [7, 11) is -3.67. The van der Waals surface area contributed by atoms with Gasteiger partial charge in [0.05, 0.1) is 12.4 Å². The first-order valence-corrected chi connectivity index (χ1v) is 8.38. The van der Waals surface area contributed by atoms with Crippen LogP contribution in [0.1, 0.15) is 38.5 Å². The lowest BCUT2D eigenvalue weighted by molar-refractivity contribution is -0.141. The maximum atomic E-state index is 12.3. The Morgan fingerprint density at radius 3 is 2.63 bits per heavy atom. The highest BCUT2D eigenvalue weighted by Crippen LogP contribution is 2.41. The van der Waals surface area contributed by atoms with E-state index in [0.717, 1.165) is 25.7 Å². The minimum atomic E-state index is -3.67. The van der Waals surface area contributed by atoms with Crippen molar-refractivity contribution in [2.24, 2.45) is 5.92 Å². The lowest BCUT2D eigenvalue weighted by atomic mass is 9.85. The van der Waals surface area contributed by atoms with Crippen molar-refractivity contribution in [2.75, 3.05) is 12.4 Å². The van der Waals surface area contributed by atoms with Crippen molar-refractivity contribution >= 4 is 16.0 Å². The molecule has 2 fully saturated rings. The van der Waals surface area contributed by atoms with Crippen LogP contribution in [0.25, 0.3) is 0 Å². The highest BCUT2D eigenvalue weighted by atomic mass is 32.2. The number of sulfonamides is 1. The molecule has 1 heterocycles. The fourth-order valence-electron chi connectivity index (χ4n) is 3.37. The fourth-order valence-corrected chi connectivity index (χ4v) is 5.31. The third kappa shape index (κ3) is 2.91. The van der Waals surface area contributed by atoms with E-state index in [1.165, 1.54) is 4.31 Å². The number of fused-ring (bicyclic) bond motifs is 1. The van der Waals surface area contributed by atoms with Crippen LogP contribution in [-0.4, -0.2) is 48.3 Å². The maximum Gasteiger partial charge on any atom is 0.322 e. The summed E-state index contributed by atoms with van der Waals surface area (Å²) < 4.78 is 37.9. The molecule has 3 atom stereocenters. The van der Waals surface area contributed by atoms with E-state index in [1.807, 2.05) is 0 Å². The molecule has 1 saturated heterocycles. The van der Waals surface area contributed by atoms with E-state index in [4.69, 9.17) is 0 Å². The number of carboxylic acid groups (broad SMARTS) is 1. The summed E-state index contributed by atoms with van der Waals surface area (Å²) in [6.07, 6.45) is 3.92. The molecular formula is C12H20FNO4S. The molecule has 1 aliphatic carbocycles. The second kappa shape index (κ2) is 5.75. The molecule has 19 heavy (non-hydrogen) atoms. The van der Waals surface area contributed by atoms with Crippen molar-refractivity contribution in [2.45, 2.75) is 50.6 Å². The molecule has 1 saturated carbocycles. The average molecular weight is 293 g/mol. The minimum absolute atomic E-state index is 0.0669. The van der Waals surface area contributed by atoms with E-state index in [1.54, 1.807) is 0 Å². The van der Waals surface area contributed by atoms with Gasteiger partial charge >= 0.3 is 5.97 Å². The molecule has 110 valence electrons. The zero-order valence-electron chi connectivity index (χ0n) is 10.8. The summed E-state index contributed by atoms with van der Waals surface area (Å²) in [6, 6.07) is -1.16. The van der Waals surface area contributed by atoms with Crippen LogP contribution in [0, 0.1) is 5.92 Å². The molecule has 2 aliphatic rings. The lowest BCUT2D eigenvalue weighted by Gasteiger charge is -2.32. The molecule has 3 unspecified atom stereocenters. The van der Waals surface area contributed by atoms with Crippen molar-refractivity contribution in [1.82, 2.24) is 4.31 Å². The van der Waals surface area contributed by atoms with Gasteiger partial charge in [0.15, 0.2) is 0 Å². The second-order valence-corrected chi connectivity index (χ2v) is 7.38. The molecule has 2 rings (SSSR count). The highest BCUT2D eigenvalue weighted by Gasteiger charge is 2.50. The van der Waals surface area contributed by atoms with Gasteiger partial charge in [-0.05, 0) is 31.6 Å². The molecular weight excluding hydrogens is 273 g/mol. The van der Waals surface area contributed by atoms with Crippen molar-refractivity contribution in [3.63, 3.8) is 0 Å². The van der Waals surface area contributed by atoms with Crippen LogP contribution >= 0.6 is 0 Å². The third-order valence-corrected chi connectivity index (χ3v) is 6.14. The average Bonchev–Trinajstić information content (AvgIpc) is 2.76. The van der Waals surface area contributed by atoms with Crippen LogP contribution in [0.2, 0.25) is 0 Å². The summed E-state index contributed by atoms with van der Waals surface area (Å²) in [6.45, 7) is -0.696. The highest BCUT2D eigenvalue weighted by molar-refractivity contribution is 7.89. The Balaban J connectivity index is 2.24. The van der Waals surface area contributed by atoms with Crippen molar-refractivity contribution in [3.05, 3.63) is 0 Å². The van der Waals surface area contributed by atoms with E-state index >= 15 is 0 Å². The zero-order chi connectivity index (χ0) is 14.0. The van der Waals surface area contributed by atoms with Crippen LogP contribution in [0.3, 0.4) is 0 Å². The van der Waals surface area contributed by atoms with Crippen LogP contribution in [-0.2, 0) is 14.8 Å². The van der Waals surface area contributed by atoms with Gasteiger partial charge in [-0.2, -0.15) is 4.31 Å². The van der Waals surface area contributed by atoms with Gasteiger partial charge in [-0.1, -0.05) is 12.8 Å². The number of hydrogen-bond donors (Lipinski definition) is 1. The molecule has 1 aliphatic heterocycles. The van der Waals surface area contributed by atoms with Gasteiger partial charge < -0.3 is 5.11 Å². The van der Waals surface area contributed by atoms with E-state index < -0.39 is 28.7 Å². The zero-order valence-corrected chi connectivity index (χ0v) is 11.6. The Kier molecular flexibility index (Phi) is 4.45. The van der Waals surface area contributed by atoms with E-state index in [9.17, 15) is 22.7 Å². The van der Waals surface area contributed by atoms with Gasteiger partial charge in [-0.3, -0.25) is 9.18 Å². The van der Waals surface area contributed by atoms with Gasteiger partial charge in [0.2, 0.25) is 10.0 Å². The minimum Gasteiger partial charge on any atom is -0.480 e. The standard InChI is InChI=1S/C12H20FNO4S/c13-6-3-7-19(17,18)14-10-5-2-1-4-9(10)8-11(14)12(15)16/h9-11H,1-8H2,(H,15,16). The van der Waals surface area contributed by atoms with Gasteiger partial charge in [-0.15, -0.1) is 0 Å². The van der Waals surface area contributed by atoms with Gasteiger partial charge in [0, 0.05) is 6.04 Å². The molecule has 0 aromatic heterocycles. The number of alkyl halides is 1. The smallest absolute Gasteiger partial charge is 0.322 e. The number of carboxylic acids is 1. The summed E-state index contributed by atoms with van der Waals surface area (Å²) in [5, 5.41) is 9.24. The molecule has 0 spiro atoms. The SMILES string of the molecule is O=C(O)C1CC2CCCCC2N1S(=O)(=O)CCCF. The van der Waals surface area contributed by atoms with Gasteiger partial charge in [0.1, 0.15) is 6.04 Å². The summed E-state index contributed by atoms with van der Waals surface area (Å²) in [5.74, 6) is -1.23. The normalized spacial score (nSPS) is 32.2. The monoisotopic (exact) mass is 293 g/mol. The lowest BCUT2D eigenvalue weighted by Crippen LogP contribution is -2.47. The molecule has 0 amide bonds. The quantitative estimate of drug-likeness (QED) is 0.831. The van der Waals surface area contributed by atoms with E-state index in [2.05, 4.69) is 0 Å². The number of aliphatic carboxylic acids is 1. The number of rotatable bonds is 5. The Bertz CT molecular complexity index is 439. The number of halogens is 1. The molecule has 0 aromatic carbocycles. The number of nitrogens with zero attached hydrogens (tertiary/aromatic N) is 1.